The summed E-state index contributed by atoms with van der Waals surface area (Å²) in [6, 6.07) is 0. The summed E-state index contributed by atoms with van der Waals surface area (Å²) >= 11 is 4.62. The minimum absolute atomic E-state index is 0.210. The summed E-state index contributed by atoms with van der Waals surface area (Å²) < 4.78 is 5.07. The predicted octanol–water partition coefficient (Wildman–Crippen LogP) is 0.245. The van der Waals surface area contributed by atoms with Gasteiger partial charge in [-0.3, -0.25) is 0 Å². The molecule has 0 aromatic carbocycles. The fourth-order valence-electron chi connectivity index (χ4n) is 0.609. The summed E-state index contributed by atoms with van der Waals surface area (Å²) in [6.07, 6.45) is 1.17. The molecule has 3 nitrogen and oxygen atoms in total. The first-order valence-electron chi connectivity index (χ1n) is 3.26. The van der Waals surface area contributed by atoms with Crippen molar-refractivity contribution in [2.24, 2.45) is 5.73 Å². The first-order valence-corrected chi connectivity index (χ1v) is 3.67. The van der Waals surface area contributed by atoms with Crippen LogP contribution in [0.5, 0.6) is 0 Å². The van der Waals surface area contributed by atoms with Crippen LogP contribution in [-0.4, -0.2) is 24.9 Å². The molecular weight excluding hydrogens is 148 g/mol. The summed E-state index contributed by atoms with van der Waals surface area (Å²) in [4.78, 5) is 0. The van der Waals surface area contributed by atoms with Crippen LogP contribution in [0.3, 0.4) is 0 Å². The molecule has 0 rings (SSSR count). The highest BCUT2D eigenvalue weighted by Crippen LogP contribution is 1.92. The maximum Gasteiger partial charge on any atom is 0.163 e. The van der Waals surface area contributed by atoms with Crippen LogP contribution in [0, 0.1) is 0 Å². The zero-order valence-electron chi connectivity index (χ0n) is 6.39. The molecule has 0 aromatic heterocycles. The Balaban J connectivity index is 3.34. The van der Waals surface area contributed by atoms with Crippen molar-refractivity contribution in [2.45, 2.75) is 19.4 Å². The molecule has 60 valence electrons. The smallest absolute Gasteiger partial charge is 0.163 e. The lowest BCUT2D eigenvalue weighted by Gasteiger charge is -2.12. The molecule has 3 N–H and O–H groups in total. The minimum Gasteiger partial charge on any atom is -0.380 e. The molecule has 0 heterocycles. The van der Waals surface area contributed by atoms with Gasteiger partial charge in [-0.25, -0.2) is 0 Å². The van der Waals surface area contributed by atoms with Gasteiger partial charge in [0.15, 0.2) is 5.11 Å². The van der Waals surface area contributed by atoms with Gasteiger partial charge in [0, 0.05) is 13.7 Å². The maximum absolute atomic E-state index is 5.21. The molecule has 0 radical (unpaired) electrons. The predicted molar refractivity (Wildman–Crippen MR) is 45.9 cm³/mol. The van der Waals surface area contributed by atoms with E-state index in [9.17, 15) is 0 Å². The van der Waals surface area contributed by atoms with Gasteiger partial charge in [-0.1, -0.05) is 6.92 Å². The van der Waals surface area contributed by atoms with E-state index in [1.165, 1.54) is 0 Å². The molecule has 0 aromatic rings. The van der Waals surface area contributed by atoms with Gasteiger partial charge in [0.25, 0.3) is 0 Å². The van der Waals surface area contributed by atoms with Crippen molar-refractivity contribution >= 4 is 17.3 Å². The van der Waals surface area contributed by atoms with Crippen LogP contribution in [-0.2, 0) is 4.74 Å². The van der Waals surface area contributed by atoms with E-state index < -0.39 is 0 Å². The first kappa shape index (κ1) is 9.65. The molecule has 0 aliphatic heterocycles. The van der Waals surface area contributed by atoms with Gasteiger partial charge in [-0.2, -0.15) is 0 Å². The monoisotopic (exact) mass is 162 g/mol. The number of rotatable bonds is 4. The van der Waals surface area contributed by atoms with E-state index in [4.69, 9.17) is 10.5 Å². The first-order chi connectivity index (χ1) is 4.70. The van der Waals surface area contributed by atoms with Crippen molar-refractivity contribution in [3.8, 4) is 0 Å². The van der Waals surface area contributed by atoms with Crippen LogP contribution < -0.4 is 11.1 Å². The van der Waals surface area contributed by atoms with Crippen LogP contribution in [0.2, 0.25) is 0 Å². The quantitative estimate of drug-likeness (QED) is 0.582. The molecule has 1 unspecified atom stereocenters. The van der Waals surface area contributed by atoms with Gasteiger partial charge in [-0.05, 0) is 18.6 Å². The van der Waals surface area contributed by atoms with Crippen LogP contribution in [0.15, 0.2) is 0 Å². The molecule has 1 atom stereocenters. The van der Waals surface area contributed by atoms with Gasteiger partial charge in [0.2, 0.25) is 0 Å². The fraction of sp³-hybridized carbons (Fsp3) is 0.833. The fourth-order valence-corrected chi connectivity index (χ4v) is 0.692. The van der Waals surface area contributed by atoms with E-state index in [2.05, 4.69) is 24.5 Å². The minimum atomic E-state index is 0.210. The number of ether oxygens (including phenoxy) is 1. The summed E-state index contributed by atoms with van der Waals surface area (Å²) in [5, 5.41) is 3.16. The molecule has 0 spiro atoms. The van der Waals surface area contributed by atoms with Crippen molar-refractivity contribution in [1.82, 2.24) is 5.32 Å². The Hall–Kier alpha value is -0.350. The lowest BCUT2D eigenvalue weighted by Crippen LogP contribution is -2.36. The Labute approximate surface area is 66.9 Å². The topological polar surface area (TPSA) is 47.3 Å². The number of hydrogen-bond donors (Lipinski definition) is 2. The third kappa shape index (κ3) is 4.52. The van der Waals surface area contributed by atoms with E-state index in [1.807, 2.05) is 0 Å². The average Bonchev–Trinajstić information content (AvgIpc) is 1.90. The molecule has 0 aliphatic carbocycles. The molecule has 0 fully saturated rings. The highest BCUT2D eigenvalue weighted by Gasteiger charge is 2.01. The van der Waals surface area contributed by atoms with Gasteiger partial charge in [0.05, 0.1) is 6.10 Å². The average molecular weight is 162 g/mol. The van der Waals surface area contributed by atoms with Crippen molar-refractivity contribution in [3.05, 3.63) is 0 Å². The standard InChI is InChI=1S/C6H14N2OS/c1-3-5(9-2)4-8-6(7)10/h5H,3-4H2,1-2H3,(H3,7,8,10). The highest BCUT2D eigenvalue weighted by molar-refractivity contribution is 7.80. The highest BCUT2D eigenvalue weighted by atomic mass is 32.1. The van der Waals surface area contributed by atoms with Crippen LogP contribution >= 0.6 is 12.2 Å². The van der Waals surface area contributed by atoms with Crippen molar-refractivity contribution in [2.75, 3.05) is 13.7 Å². The molecule has 4 heteroatoms. The lowest BCUT2D eigenvalue weighted by atomic mass is 10.3. The largest absolute Gasteiger partial charge is 0.380 e. The maximum atomic E-state index is 5.21. The molecule has 0 saturated carbocycles. The second-order valence-electron chi connectivity index (χ2n) is 2.01. The van der Waals surface area contributed by atoms with Crippen LogP contribution in [0.4, 0.5) is 0 Å². The van der Waals surface area contributed by atoms with E-state index in [1.54, 1.807) is 7.11 Å². The van der Waals surface area contributed by atoms with E-state index >= 15 is 0 Å². The zero-order valence-corrected chi connectivity index (χ0v) is 7.20. The zero-order chi connectivity index (χ0) is 7.98. The number of methoxy groups -OCH3 is 1. The summed E-state index contributed by atoms with van der Waals surface area (Å²) in [7, 11) is 1.68. The third-order valence-electron chi connectivity index (χ3n) is 1.29. The van der Waals surface area contributed by atoms with Gasteiger partial charge >= 0.3 is 0 Å². The van der Waals surface area contributed by atoms with Gasteiger partial charge in [0.1, 0.15) is 0 Å². The summed E-state index contributed by atoms with van der Waals surface area (Å²) in [5.41, 5.74) is 5.21. The molecule has 0 bridgehead atoms. The van der Waals surface area contributed by atoms with Crippen LogP contribution in [0.1, 0.15) is 13.3 Å². The molecule has 0 saturated heterocycles. The van der Waals surface area contributed by atoms with Crippen molar-refractivity contribution in [3.63, 3.8) is 0 Å². The van der Waals surface area contributed by atoms with E-state index in [0.29, 0.717) is 11.7 Å². The Morgan fingerprint density at radius 1 is 1.80 bits per heavy atom. The van der Waals surface area contributed by atoms with Crippen molar-refractivity contribution < 1.29 is 4.74 Å². The van der Waals surface area contributed by atoms with Gasteiger partial charge in [-0.15, -0.1) is 0 Å². The molecule has 0 amide bonds. The van der Waals surface area contributed by atoms with E-state index in [-0.39, 0.29) is 6.10 Å². The lowest BCUT2D eigenvalue weighted by molar-refractivity contribution is 0.103. The molecular formula is C6H14N2OS. The Morgan fingerprint density at radius 2 is 2.40 bits per heavy atom. The van der Waals surface area contributed by atoms with Crippen LogP contribution in [0.25, 0.3) is 0 Å². The van der Waals surface area contributed by atoms with Crippen molar-refractivity contribution in [1.29, 1.82) is 0 Å². The molecule has 10 heavy (non-hydrogen) atoms. The second-order valence-corrected chi connectivity index (χ2v) is 2.45. The number of nitrogens with one attached hydrogen (secondary N) is 1. The Bertz CT molecular complexity index is 104. The van der Waals surface area contributed by atoms with Gasteiger partial charge < -0.3 is 15.8 Å². The Morgan fingerprint density at radius 3 is 2.70 bits per heavy atom. The number of nitrogens with two attached hydrogens (primary N) is 1. The second kappa shape index (κ2) is 5.44. The SMILES string of the molecule is CCC(CNC(N)=S)OC. The third-order valence-corrected chi connectivity index (χ3v) is 1.44. The Kier molecular flexibility index (Phi) is 5.25. The number of thiocarbonyl (C=S) groups is 1. The summed E-state index contributed by atoms with van der Waals surface area (Å²) in [5.74, 6) is 0. The summed E-state index contributed by atoms with van der Waals surface area (Å²) in [6.45, 7) is 2.75. The number of hydrogen-bond acceptors (Lipinski definition) is 2. The molecule has 0 aliphatic rings. The normalized spacial score (nSPS) is 12.6. The van der Waals surface area contributed by atoms with E-state index in [0.717, 1.165) is 6.42 Å².